The molecular formula is C13H18N2OS. The molecule has 1 aromatic rings. The predicted molar refractivity (Wildman–Crippen MR) is 72.0 cm³/mol. The topological polar surface area (TPSA) is 41.1 Å². The number of carbonyl (C=O) groups excluding carboxylic acids is 1. The Balaban J connectivity index is 1.93. The van der Waals surface area contributed by atoms with Gasteiger partial charge in [-0.15, -0.1) is 11.8 Å². The Morgan fingerprint density at radius 1 is 1.47 bits per heavy atom. The van der Waals surface area contributed by atoms with E-state index in [0.717, 1.165) is 17.2 Å². The van der Waals surface area contributed by atoms with Crippen molar-refractivity contribution in [1.82, 2.24) is 10.6 Å². The number of thioether (sulfide) groups is 1. The molecule has 2 rings (SSSR count). The summed E-state index contributed by atoms with van der Waals surface area (Å²) in [7, 11) is 0. The third-order valence-electron chi connectivity index (χ3n) is 2.97. The van der Waals surface area contributed by atoms with Crippen molar-refractivity contribution in [3.05, 3.63) is 35.4 Å². The van der Waals surface area contributed by atoms with Crippen molar-refractivity contribution in [3.8, 4) is 0 Å². The highest BCUT2D eigenvalue weighted by molar-refractivity contribution is 7.99. The largest absolute Gasteiger partial charge is 0.348 e. The number of rotatable bonds is 3. The summed E-state index contributed by atoms with van der Waals surface area (Å²) in [6.07, 6.45) is 0. The molecule has 3 nitrogen and oxygen atoms in total. The van der Waals surface area contributed by atoms with Crippen molar-refractivity contribution in [2.45, 2.75) is 25.9 Å². The maximum atomic E-state index is 11.9. The number of amides is 1. The second-order valence-electron chi connectivity index (χ2n) is 4.41. The van der Waals surface area contributed by atoms with Gasteiger partial charge in [0.2, 0.25) is 5.91 Å². The zero-order valence-electron chi connectivity index (χ0n) is 10.2. The number of hydrogen-bond acceptors (Lipinski definition) is 3. The van der Waals surface area contributed by atoms with Crippen LogP contribution in [0.25, 0.3) is 0 Å². The van der Waals surface area contributed by atoms with Crippen LogP contribution in [0.2, 0.25) is 0 Å². The molecule has 17 heavy (non-hydrogen) atoms. The summed E-state index contributed by atoms with van der Waals surface area (Å²) < 4.78 is 0. The number of carbonyl (C=O) groups is 1. The molecule has 0 radical (unpaired) electrons. The Morgan fingerprint density at radius 3 is 2.76 bits per heavy atom. The molecule has 1 amide bonds. The van der Waals surface area contributed by atoms with Crippen LogP contribution in [0.4, 0.5) is 0 Å². The summed E-state index contributed by atoms with van der Waals surface area (Å²) in [6.45, 7) is 4.08. The number of aryl methyl sites for hydroxylation is 1. The fourth-order valence-electron chi connectivity index (χ4n) is 1.82. The standard InChI is InChI=1S/C13H18N2OS/c1-9-3-5-11(6-4-9)10(2)15-13(16)12-7-17-8-14-12/h3-6,10,12,14H,7-8H2,1-2H3,(H,15,16)/t10-,12?/m0/s1. The normalized spacial score (nSPS) is 21.2. The smallest absolute Gasteiger partial charge is 0.238 e. The minimum atomic E-state index is -0.0344. The molecule has 1 unspecified atom stereocenters. The van der Waals surface area contributed by atoms with E-state index in [2.05, 4.69) is 41.8 Å². The second-order valence-corrected chi connectivity index (χ2v) is 5.44. The molecule has 2 N–H and O–H groups in total. The van der Waals surface area contributed by atoms with Gasteiger partial charge in [0.1, 0.15) is 0 Å². The Hall–Kier alpha value is -1.00. The highest BCUT2D eigenvalue weighted by Crippen LogP contribution is 2.15. The van der Waals surface area contributed by atoms with Gasteiger partial charge in [-0.3, -0.25) is 10.1 Å². The maximum absolute atomic E-state index is 11.9. The van der Waals surface area contributed by atoms with Gasteiger partial charge in [-0.2, -0.15) is 0 Å². The molecule has 92 valence electrons. The molecule has 1 aliphatic heterocycles. The van der Waals surface area contributed by atoms with Crippen molar-refractivity contribution in [2.24, 2.45) is 0 Å². The third-order valence-corrected chi connectivity index (χ3v) is 3.91. The number of hydrogen-bond donors (Lipinski definition) is 2. The van der Waals surface area contributed by atoms with Crippen molar-refractivity contribution >= 4 is 17.7 Å². The maximum Gasteiger partial charge on any atom is 0.238 e. The van der Waals surface area contributed by atoms with E-state index in [0.29, 0.717) is 0 Å². The van der Waals surface area contributed by atoms with Gasteiger partial charge < -0.3 is 5.32 Å². The van der Waals surface area contributed by atoms with Crippen LogP contribution < -0.4 is 10.6 Å². The van der Waals surface area contributed by atoms with Crippen LogP contribution in [0.1, 0.15) is 24.1 Å². The molecule has 1 aliphatic rings. The first-order chi connectivity index (χ1) is 8.16. The van der Waals surface area contributed by atoms with Gasteiger partial charge in [0.15, 0.2) is 0 Å². The van der Waals surface area contributed by atoms with Crippen molar-refractivity contribution in [3.63, 3.8) is 0 Å². The quantitative estimate of drug-likeness (QED) is 0.860. The number of nitrogens with one attached hydrogen (secondary N) is 2. The van der Waals surface area contributed by atoms with Gasteiger partial charge in [-0.05, 0) is 19.4 Å². The number of benzene rings is 1. The first-order valence-electron chi connectivity index (χ1n) is 5.85. The minimum Gasteiger partial charge on any atom is -0.348 e. The Morgan fingerprint density at radius 2 is 2.18 bits per heavy atom. The Bertz CT molecular complexity index is 385. The van der Waals surface area contributed by atoms with E-state index >= 15 is 0 Å². The van der Waals surface area contributed by atoms with Crippen molar-refractivity contribution in [2.75, 3.05) is 11.6 Å². The summed E-state index contributed by atoms with van der Waals surface area (Å²) in [4.78, 5) is 11.9. The summed E-state index contributed by atoms with van der Waals surface area (Å²) >= 11 is 1.76. The SMILES string of the molecule is Cc1ccc([C@H](C)NC(=O)C2CSCN2)cc1. The van der Waals surface area contributed by atoms with Gasteiger partial charge >= 0.3 is 0 Å². The van der Waals surface area contributed by atoms with Crippen LogP contribution in [0.15, 0.2) is 24.3 Å². The molecule has 2 atom stereocenters. The summed E-state index contributed by atoms with van der Waals surface area (Å²) in [5, 5.41) is 6.22. The monoisotopic (exact) mass is 250 g/mol. The van der Waals surface area contributed by atoms with Crippen LogP contribution in [0, 0.1) is 6.92 Å². The molecule has 1 aromatic carbocycles. The van der Waals surface area contributed by atoms with E-state index in [9.17, 15) is 4.79 Å². The molecule has 0 aliphatic carbocycles. The summed E-state index contributed by atoms with van der Waals surface area (Å²) in [5.41, 5.74) is 2.38. The van der Waals surface area contributed by atoms with Crippen LogP contribution in [0.5, 0.6) is 0 Å². The average molecular weight is 250 g/mol. The van der Waals surface area contributed by atoms with Crippen molar-refractivity contribution < 1.29 is 4.79 Å². The highest BCUT2D eigenvalue weighted by atomic mass is 32.2. The van der Waals surface area contributed by atoms with E-state index in [1.165, 1.54) is 5.56 Å². The molecule has 1 fully saturated rings. The van der Waals surface area contributed by atoms with Crippen LogP contribution in [-0.2, 0) is 4.79 Å². The second kappa shape index (κ2) is 5.56. The third kappa shape index (κ3) is 3.23. The fourth-order valence-corrected chi connectivity index (χ4v) is 2.76. The molecule has 0 spiro atoms. The lowest BCUT2D eigenvalue weighted by atomic mass is 10.1. The van der Waals surface area contributed by atoms with Crippen molar-refractivity contribution in [1.29, 1.82) is 0 Å². The molecular weight excluding hydrogens is 232 g/mol. The molecule has 0 bridgehead atoms. The van der Waals surface area contributed by atoms with E-state index < -0.39 is 0 Å². The molecule has 1 saturated heterocycles. The zero-order valence-corrected chi connectivity index (χ0v) is 11.0. The molecule has 0 saturated carbocycles. The van der Waals surface area contributed by atoms with E-state index in [1.54, 1.807) is 11.8 Å². The van der Waals surface area contributed by atoms with Crippen LogP contribution in [0.3, 0.4) is 0 Å². The van der Waals surface area contributed by atoms with E-state index in [1.807, 2.05) is 6.92 Å². The lowest BCUT2D eigenvalue weighted by Crippen LogP contribution is -2.42. The van der Waals surface area contributed by atoms with Gasteiger partial charge in [0.25, 0.3) is 0 Å². The fraction of sp³-hybridized carbons (Fsp3) is 0.462. The first-order valence-corrected chi connectivity index (χ1v) is 7.00. The molecule has 4 heteroatoms. The van der Waals surface area contributed by atoms with Gasteiger partial charge in [-0.1, -0.05) is 29.8 Å². The van der Waals surface area contributed by atoms with E-state index in [-0.39, 0.29) is 18.0 Å². The van der Waals surface area contributed by atoms with Gasteiger partial charge in [0, 0.05) is 11.6 Å². The zero-order chi connectivity index (χ0) is 12.3. The van der Waals surface area contributed by atoms with Crippen LogP contribution in [-0.4, -0.2) is 23.6 Å². The highest BCUT2D eigenvalue weighted by Gasteiger charge is 2.23. The minimum absolute atomic E-state index is 0.0344. The summed E-state index contributed by atoms with van der Waals surface area (Å²) in [5.74, 6) is 1.84. The van der Waals surface area contributed by atoms with E-state index in [4.69, 9.17) is 0 Å². The lowest BCUT2D eigenvalue weighted by molar-refractivity contribution is -0.123. The van der Waals surface area contributed by atoms with Gasteiger partial charge in [0.05, 0.1) is 12.1 Å². The molecule has 0 aromatic heterocycles. The predicted octanol–water partition coefficient (Wildman–Crippen LogP) is 1.83. The average Bonchev–Trinajstić information content (AvgIpc) is 2.83. The summed E-state index contributed by atoms with van der Waals surface area (Å²) in [6, 6.07) is 8.31. The van der Waals surface area contributed by atoms with Crippen LogP contribution >= 0.6 is 11.8 Å². The Labute approximate surface area is 106 Å². The van der Waals surface area contributed by atoms with Gasteiger partial charge in [-0.25, -0.2) is 0 Å². The molecule has 1 heterocycles. The lowest BCUT2D eigenvalue weighted by Gasteiger charge is -2.17. The Kier molecular flexibility index (Phi) is 4.07. The first kappa shape index (κ1) is 12.5.